The van der Waals surface area contributed by atoms with Gasteiger partial charge in [-0.2, -0.15) is 5.10 Å². The number of anilines is 2. The molecule has 0 bridgehead atoms. The van der Waals surface area contributed by atoms with Crippen molar-refractivity contribution >= 4 is 23.0 Å². The second kappa shape index (κ2) is 8.06. The summed E-state index contributed by atoms with van der Waals surface area (Å²) in [5, 5.41) is 6.83. The van der Waals surface area contributed by atoms with E-state index in [1.165, 1.54) is 12.1 Å². The first kappa shape index (κ1) is 19.8. The van der Waals surface area contributed by atoms with E-state index in [1.807, 2.05) is 0 Å². The van der Waals surface area contributed by atoms with Crippen molar-refractivity contribution in [2.45, 2.75) is 26.2 Å². The molecular weight excluding hydrogens is 395 g/mol. The van der Waals surface area contributed by atoms with E-state index < -0.39 is 17.5 Å². The van der Waals surface area contributed by atoms with Crippen LogP contribution in [0.1, 0.15) is 40.3 Å². The Kier molecular flexibility index (Phi) is 5.31. The quantitative estimate of drug-likeness (QED) is 0.562. The van der Waals surface area contributed by atoms with Gasteiger partial charge in [0.25, 0.3) is 5.91 Å². The summed E-state index contributed by atoms with van der Waals surface area (Å²) < 4.78 is 45.8. The van der Waals surface area contributed by atoms with E-state index in [4.69, 9.17) is 4.42 Å². The van der Waals surface area contributed by atoms with Crippen molar-refractivity contribution < 1.29 is 22.4 Å². The van der Waals surface area contributed by atoms with Gasteiger partial charge in [0.15, 0.2) is 5.76 Å². The van der Waals surface area contributed by atoms with Gasteiger partial charge in [0.1, 0.15) is 23.2 Å². The van der Waals surface area contributed by atoms with Gasteiger partial charge >= 0.3 is 0 Å². The molecule has 0 radical (unpaired) electrons. The lowest BCUT2D eigenvalue weighted by Crippen LogP contribution is -2.15. The highest BCUT2D eigenvalue weighted by Gasteiger charge is 2.28. The summed E-state index contributed by atoms with van der Waals surface area (Å²) in [6, 6.07) is 8.71. The smallest absolute Gasteiger partial charge is 0.291 e. The molecule has 0 atom stereocenters. The fraction of sp³-hybridized carbons (Fsp3) is 0.182. The first-order valence-corrected chi connectivity index (χ1v) is 9.39. The van der Waals surface area contributed by atoms with Gasteiger partial charge in [-0.05, 0) is 56.2 Å². The molecule has 0 aliphatic heterocycles. The lowest BCUT2D eigenvalue weighted by molar-refractivity contribution is 0.0993. The number of hydrogen-bond donors (Lipinski definition) is 2. The Labute approximate surface area is 170 Å². The highest BCUT2D eigenvalue weighted by atomic mass is 19.1. The Bertz CT molecular complexity index is 1140. The topological polar surface area (TPSA) is 66.6 Å². The van der Waals surface area contributed by atoms with E-state index in [0.29, 0.717) is 41.6 Å². The zero-order valence-electron chi connectivity index (χ0n) is 16.1. The van der Waals surface area contributed by atoms with Gasteiger partial charge < -0.3 is 9.73 Å². The minimum absolute atomic E-state index is 0.0557. The molecule has 1 aliphatic rings. The van der Waals surface area contributed by atoms with E-state index in [1.54, 1.807) is 19.1 Å². The van der Waals surface area contributed by atoms with Crippen LogP contribution in [0.3, 0.4) is 0 Å². The molecule has 154 valence electrons. The van der Waals surface area contributed by atoms with Crippen molar-refractivity contribution in [3.63, 3.8) is 0 Å². The van der Waals surface area contributed by atoms with E-state index in [9.17, 15) is 18.0 Å². The van der Waals surface area contributed by atoms with Gasteiger partial charge in [0.2, 0.25) is 0 Å². The number of carbonyl (C=O) groups is 1. The van der Waals surface area contributed by atoms with Crippen molar-refractivity contribution in [2.75, 3.05) is 10.7 Å². The second-order valence-corrected chi connectivity index (χ2v) is 6.96. The molecule has 4 rings (SSSR count). The number of furan rings is 1. The Hall–Kier alpha value is -3.55. The maximum Gasteiger partial charge on any atom is 0.291 e. The SMILES string of the molecule is Cc1c(C(=O)Nc2ccc(F)cc2F)oc2c1/C(=N/Nc1ccc(F)cc1)CCC2. The molecule has 0 unspecified atom stereocenters. The zero-order valence-corrected chi connectivity index (χ0v) is 16.1. The number of aryl methyl sites for hydroxylation is 1. The predicted molar refractivity (Wildman–Crippen MR) is 107 cm³/mol. The number of nitrogens with zero attached hydrogens (tertiary/aromatic N) is 1. The molecule has 1 amide bonds. The number of hydrazone groups is 1. The van der Waals surface area contributed by atoms with Crippen LogP contribution in [-0.4, -0.2) is 11.6 Å². The Morgan fingerprint density at radius 2 is 1.77 bits per heavy atom. The summed E-state index contributed by atoms with van der Waals surface area (Å²) in [6.07, 6.45) is 2.11. The number of hydrogen-bond acceptors (Lipinski definition) is 4. The van der Waals surface area contributed by atoms with Crippen LogP contribution in [-0.2, 0) is 6.42 Å². The molecule has 0 saturated carbocycles. The Morgan fingerprint density at radius 1 is 1.03 bits per heavy atom. The van der Waals surface area contributed by atoms with Crippen molar-refractivity contribution in [1.29, 1.82) is 0 Å². The molecule has 8 heteroatoms. The number of rotatable bonds is 4. The van der Waals surface area contributed by atoms with Crippen molar-refractivity contribution in [1.82, 2.24) is 0 Å². The van der Waals surface area contributed by atoms with Crippen molar-refractivity contribution in [2.24, 2.45) is 5.10 Å². The molecule has 1 aromatic heterocycles. The van der Waals surface area contributed by atoms with Gasteiger partial charge in [-0.3, -0.25) is 10.2 Å². The van der Waals surface area contributed by atoms with Crippen molar-refractivity contribution in [3.8, 4) is 0 Å². The second-order valence-electron chi connectivity index (χ2n) is 6.96. The predicted octanol–water partition coefficient (Wildman–Crippen LogP) is 5.41. The van der Waals surface area contributed by atoms with Crippen LogP contribution in [0.25, 0.3) is 0 Å². The summed E-state index contributed by atoms with van der Waals surface area (Å²) in [7, 11) is 0. The summed E-state index contributed by atoms with van der Waals surface area (Å²) in [6.45, 7) is 1.73. The minimum atomic E-state index is -0.872. The molecule has 1 heterocycles. The molecule has 1 aliphatic carbocycles. The van der Waals surface area contributed by atoms with E-state index in [0.717, 1.165) is 24.1 Å². The van der Waals surface area contributed by atoms with Crippen LogP contribution in [0.2, 0.25) is 0 Å². The third-order valence-corrected chi connectivity index (χ3v) is 4.88. The standard InChI is InChI=1S/C22H18F3N3O2/c1-12-20-18(28-27-15-8-5-13(23)6-9-15)3-2-4-19(20)30-21(12)22(29)26-17-10-7-14(24)11-16(17)25/h5-11,27H,2-4H2,1H3,(H,26,29)/b28-18+. The monoisotopic (exact) mass is 413 g/mol. The van der Waals surface area contributed by atoms with Crippen LogP contribution in [0, 0.1) is 24.4 Å². The molecule has 5 nitrogen and oxygen atoms in total. The highest BCUT2D eigenvalue weighted by molar-refractivity contribution is 6.09. The number of fused-ring (bicyclic) bond motifs is 1. The number of halogens is 3. The molecule has 3 aromatic rings. The Morgan fingerprint density at radius 3 is 2.50 bits per heavy atom. The van der Waals surface area contributed by atoms with Gasteiger partial charge in [-0.25, -0.2) is 13.2 Å². The highest BCUT2D eigenvalue weighted by Crippen LogP contribution is 2.31. The van der Waals surface area contributed by atoms with E-state index >= 15 is 0 Å². The summed E-state index contributed by atoms with van der Waals surface area (Å²) >= 11 is 0. The molecule has 0 fully saturated rings. The maximum absolute atomic E-state index is 13.9. The van der Waals surface area contributed by atoms with Gasteiger partial charge in [0.05, 0.1) is 17.1 Å². The number of nitrogens with one attached hydrogen (secondary N) is 2. The normalized spacial score (nSPS) is 14.5. The fourth-order valence-electron chi connectivity index (χ4n) is 3.42. The summed E-state index contributed by atoms with van der Waals surface area (Å²) in [4.78, 5) is 12.7. The van der Waals surface area contributed by atoms with Crippen molar-refractivity contribution in [3.05, 3.63) is 82.6 Å². The average Bonchev–Trinajstić information content (AvgIpc) is 3.07. The Balaban J connectivity index is 1.59. The molecular formula is C22H18F3N3O2. The molecule has 0 saturated heterocycles. The molecule has 2 aromatic carbocycles. The zero-order chi connectivity index (χ0) is 21.3. The number of carbonyl (C=O) groups excluding carboxylic acids is 1. The summed E-state index contributed by atoms with van der Waals surface area (Å²) in [5.74, 6) is -1.89. The maximum atomic E-state index is 13.9. The minimum Gasteiger partial charge on any atom is -0.455 e. The van der Waals surface area contributed by atoms with Crippen LogP contribution >= 0.6 is 0 Å². The third-order valence-electron chi connectivity index (χ3n) is 4.88. The average molecular weight is 413 g/mol. The van der Waals surface area contributed by atoms with Gasteiger partial charge in [0, 0.05) is 23.6 Å². The number of amides is 1. The molecule has 0 spiro atoms. The first-order chi connectivity index (χ1) is 14.4. The van der Waals surface area contributed by atoms with Crippen LogP contribution < -0.4 is 10.7 Å². The third kappa shape index (κ3) is 3.94. The lowest BCUT2D eigenvalue weighted by atomic mass is 9.93. The van der Waals surface area contributed by atoms with Crippen LogP contribution in [0.5, 0.6) is 0 Å². The largest absolute Gasteiger partial charge is 0.455 e. The fourth-order valence-corrected chi connectivity index (χ4v) is 3.42. The van der Waals surface area contributed by atoms with Crippen LogP contribution in [0.4, 0.5) is 24.5 Å². The van der Waals surface area contributed by atoms with E-state index in [2.05, 4.69) is 15.8 Å². The first-order valence-electron chi connectivity index (χ1n) is 9.39. The van der Waals surface area contributed by atoms with Gasteiger partial charge in [-0.1, -0.05) is 0 Å². The van der Waals surface area contributed by atoms with Gasteiger partial charge in [-0.15, -0.1) is 0 Å². The summed E-state index contributed by atoms with van der Waals surface area (Å²) in [5.41, 5.74) is 5.43. The van der Waals surface area contributed by atoms with Crippen LogP contribution in [0.15, 0.2) is 52.0 Å². The molecule has 2 N–H and O–H groups in total. The lowest BCUT2D eigenvalue weighted by Gasteiger charge is -2.13. The van der Waals surface area contributed by atoms with E-state index in [-0.39, 0.29) is 17.3 Å². The number of benzene rings is 2. The molecule has 30 heavy (non-hydrogen) atoms.